The summed E-state index contributed by atoms with van der Waals surface area (Å²) in [6.07, 6.45) is 9.67. The van der Waals surface area contributed by atoms with Gasteiger partial charge in [-0.25, -0.2) is 9.98 Å². The number of amidine groups is 2. The Labute approximate surface area is 178 Å². The molecule has 1 aliphatic carbocycles. The fraction of sp³-hybridized carbons (Fsp3) is 0.680. The largest absolute Gasteiger partial charge is 0.387 e. The van der Waals surface area contributed by atoms with E-state index in [1.165, 1.54) is 43.2 Å². The number of aliphatic imine (C=N–C) groups is 2. The van der Waals surface area contributed by atoms with Gasteiger partial charge in [-0.3, -0.25) is 0 Å². The van der Waals surface area contributed by atoms with Gasteiger partial charge in [0.1, 0.15) is 11.7 Å². The second kappa shape index (κ2) is 12.1. The van der Waals surface area contributed by atoms with Gasteiger partial charge in [-0.05, 0) is 61.9 Å². The van der Waals surface area contributed by atoms with Crippen LogP contribution in [0.3, 0.4) is 0 Å². The molecule has 0 amide bonds. The normalized spacial score (nSPS) is 17.7. The molecule has 1 atom stereocenters. The van der Waals surface area contributed by atoms with Crippen LogP contribution in [0.15, 0.2) is 28.2 Å². The lowest BCUT2D eigenvalue weighted by molar-refractivity contribution is 0.235. The Bertz CT molecular complexity index is 684. The minimum Gasteiger partial charge on any atom is -0.387 e. The quantitative estimate of drug-likeness (QED) is 0.389. The second-order valence-electron chi connectivity index (χ2n) is 8.94. The molecule has 0 bridgehead atoms. The molecule has 0 aliphatic heterocycles. The molecule has 162 valence electrons. The number of benzene rings is 1. The van der Waals surface area contributed by atoms with Crippen molar-refractivity contribution in [2.45, 2.75) is 85.0 Å². The third-order valence-electron chi connectivity index (χ3n) is 6.29. The molecule has 4 nitrogen and oxygen atoms in total. The molecule has 1 aliphatic rings. The summed E-state index contributed by atoms with van der Waals surface area (Å²) in [5, 5.41) is 3.42. The lowest BCUT2D eigenvalue weighted by Crippen LogP contribution is -2.28. The van der Waals surface area contributed by atoms with Crippen molar-refractivity contribution in [1.29, 1.82) is 0 Å². The van der Waals surface area contributed by atoms with E-state index in [2.05, 4.69) is 51.3 Å². The van der Waals surface area contributed by atoms with E-state index in [1.807, 2.05) is 6.92 Å². The summed E-state index contributed by atoms with van der Waals surface area (Å²) in [5.74, 6) is 3.59. The molecule has 2 rings (SSSR count). The standard InChI is InChI=1S/C25H42N4/c1-6-24(26)29-25(28-23-14-12-21(18(2)3)16-19(23)4)15-13-22(17-27-5)20-10-8-7-9-11-20/h12,14,16,18,20,22,27H,6-11,13,15,17H2,1-5H3,(H2,26,28,29). The first-order chi connectivity index (χ1) is 13.9. The van der Waals surface area contributed by atoms with Gasteiger partial charge in [-0.1, -0.05) is 65.0 Å². The van der Waals surface area contributed by atoms with Crippen LogP contribution < -0.4 is 11.1 Å². The fourth-order valence-corrected chi connectivity index (χ4v) is 4.37. The highest BCUT2D eigenvalue weighted by Crippen LogP contribution is 2.32. The topological polar surface area (TPSA) is 62.8 Å². The van der Waals surface area contributed by atoms with E-state index >= 15 is 0 Å². The zero-order valence-electron chi connectivity index (χ0n) is 19.3. The molecule has 4 heteroatoms. The maximum atomic E-state index is 6.09. The van der Waals surface area contributed by atoms with Crippen molar-refractivity contribution in [2.24, 2.45) is 27.6 Å². The zero-order valence-corrected chi connectivity index (χ0v) is 19.3. The van der Waals surface area contributed by atoms with Crippen molar-refractivity contribution in [3.05, 3.63) is 29.3 Å². The van der Waals surface area contributed by atoms with Crippen LogP contribution in [-0.2, 0) is 0 Å². The highest BCUT2D eigenvalue weighted by Gasteiger charge is 2.23. The Morgan fingerprint density at radius 3 is 2.52 bits per heavy atom. The van der Waals surface area contributed by atoms with Gasteiger partial charge in [0, 0.05) is 12.8 Å². The summed E-state index contributed by atoms with van der Waals surface area (Å²) in [6, 6.07) is 6.57. The summed E-state index contributed by atoms with van der Waals surface area (Å²) >= 11 is 0. The average Bonchev–Trinajstić information content (AvgIpc) is 2.72. The molecular weight excluding hydrogens is 356 g/mol. The first-order valence-electron chi connectivity index (χ1n) is 11.6. The van der Waals surface area contributed by atoms with Gasteiger partial charge in [0.25, 0.3) is 0 Å². The highest BCUT2D eigenvalue weighted by atomic mass is 15.0. The summed E-state index contributed by atoms with van der Waals surface area (Å²) in [4.78, 5) is 9.64. The monoisotopic (exact) mass is 398 g/mol. The van der Waals surface area contributed by atoms with Gasteiger partial charge in [0.15, 0.2) is 0 Å². The molecule has 3 N–H and O–H groups in total. The van der Waals surface area contributed by atoms with Crippen LogP contribution >= 0.6 is 0 Å². The van der Waals surface area contributed by atoms with Crippen LogP contribution in [0.4, 0.5) is 5.69 Å². The zero-order chi connectivity index (χ0) is 21.2. The molecule has 1 saturated carbocycles. The molecular formula is C25H42N4. The molecule has 1 fully saturated rings. The molecule has 0 saturated heterocycles. The number of hydrogen-bond donors (Lipinski definition) is 2. The third kappa shape index (κ3) is 7.58. The Balaban J connectivity index is 2.20. The van der Waals surface area contributed by atoms with Crippen molar-refractivity contribution >= 4 is 17.4 Å². The molecule has 0 aromatic heterocycles. The van der Waals surface area contributed by atoms with E-state index in [0.29, 0.717) is 17.7 Å². The molecule has 0 heterocycles. The summed E-state index contributed by atoms with van der Waals surface area (Å²) in [6.45, 7) is 9.71. The lowest BCUT2D eigenvalue weighted by Gasteiger charge is -2.30. The molecule has 0 radical (unpaired) electrons. The summed E-state index contributed by atoms with van der Waals surface area (Å²) in [5.41, 5.74) is 9.67. The van der Waals surface area contributed by atoms with Crippen LogP contribution in [0.5, 0.6) is 0 Å². The van der Waals surface area contributed by atoms with E-state index in [-0.39, 0.29) is 0 Å². The Morgan fingerprint density at radius 1 is 1.21 bits per heavy atom. The van der Waals surface area contributed by atoms with E-state index in [9.17, 15) is 0 Å². The molecule has 29 heavy (non-hydrogen) atoms. The van der Waals surface area contributed by atoms with Crippen LogP contribution in [0.2, 0.25) is 0 Å². The fourth-order valence-electron chi connectivity index (χ4n) is 4.37. The summed E-state index contributed by atoms with van der Waals surface area (Å²) < 4.78 is 0. The van der Waals surface area contributed by atoms with E-state index in [1.54, 1.807) is 0 Å². The van der Waals surface area contributed by atoms with Gasteiger partial charge in [0.05, 0.1) is 5.69 Å². The average molecular weight is 399 g/mol. The predicted molar refractivity (Wildman–Crippen MR) is 128 cm³/mol. The number of nitrogens with two attached hydrogens (primary N) is 1. The van der Waals surface area contributed by atoms with Crippen molar-refractivity contribution in [1.82, 2.24) is 5.32 Å². The van der Waals surface area contributed by atoms with Crippen LogP contribution in [0.1, 0.15) is 89.2 Å². The minimum atomic E-state index is 0.526. The predicted octanol–water partition coefficient (Wildman–Crippen LogP) is 6.11. The highest BCUT2D eigenvalue weighted by molar-refractivity contribution is 5.97. The second-order valence-corrected chi connectivity index (χ2v) is 8.94. The SMILES string of the molecule is CCC(N)=NC(CCC(CNC)C1CCCCC1)=Nc1ccc(C(C)C)cc1C. The smallest absolute Gasteiger partial charge is 0.131 e. The van der Waals surface area contributed by atoms with Gasteiger partial charge in [-0.2, -0.15) is 0 Å². The number of aryl methyl sites for hydroxylation is 1. The van der Waals surface area contributed by atoms with Crippen molar-refractivity contribution in [3.63, 3.8) is 0 Å². The number of rotatable bonds is 9. The van der Waals surface area contributed by atoms with E-state index < -0.39 is 0 Å². The molecule has 1 aromatic carbocycles. The Hall–Kier alpha value is -1.68. The minimum absolute atomic E-state index is 0.526. The van der Waals surface area contributed by atoms with Crippen molar-refractivity contribution < 1.29 is 0 Å². The maximum absolute atomic E-state index is 6.09. The number of hydrogen-bond acceptors (Lipinski definition) is 2. The third-order valence-corrected chi connectivity index (χ3v) is 6.29. The van der Waals surface area contributed by atoms with Crippen molar-refractivity contribution in [2.75, 3.05) is 13.6 Å². The van der Waals surface area contributed by atoms with Crippen molar-refractivity contribution in [3.8, 4) is 0 Å². The lowest BCUT2D eigenvalue weighted by atomic mass is 9.78. The van der Waals surface area contributed by atoms with Crippen LogP contribution in [0, 0.1) is 18.8 Å². The first kappa shape index (κ1) is 23.6. The van der Waals surface area contributed by atoms with Gasteiger partial charge in [-0.15, -0.1) is 0 Å². The maximum Gasteiger partial charge on any atom is 0.131 e. The molecule has 0 spiro atoms. The Morgan fingerprint density at radius 2 is 1.93 bits per heavy atom. The van der Waals surface area contributed by atoms with Crippen LogP contribution in [-0.4, -0.2) is 25.3 Å². The van der Waals surface area contributed by atoms with Gasteiger partial charge in [0.2, 0.25) is 0 Å². The van der Waals surface area contributed by atoms with Gasteiger partial charge >= 0.3 is 0 Å². The number of nitrogens with one attached hydrogen (secondary N) is 1. The van der Waals surface area contributed by atoms with Crippen LogP contribution in [0.25, 0.3) is 0 Å². The van der Waals surface area contributed by atoms with E-state index in [4.69, 9.17) is 15.7 Å². The number of nitrogens with zero attached hydrogens (tertiary/aromatic N) is 2. The first-order valence-corrected chi connectivity index (χ1v) is 11.6. The molecule has 1 unspecified atom stereocenters. The summed E-state index contributed by atoms with van der Waals surface area (Å²) in [7, 11) is 2.07. The Kier molecular flexibility index (Phi) is 9.86. The van der Waals surface area contributed by atoms with Gasteiger partial charge < -0.3 is 11.1 Å². The molecule has 1 aromatic rings. The van der Waals surface area contributed by atoms with E-state index in [0.717, 1.165) is 43.2 Å².